The van der Waals surface area contributed by atoms with Crippen LogP contribution in [0, 0.1) is 17.2 Å². The summed E-state index contributed by atoms with van der Waals surface area (Å²) in [6.45, 7) is 8.15. The lowest BCUT2D eigenvalue weighted by molar-refractivity contribution is -0.135. The van der Waals surface area contributed by atoms with E-state index in [0.717, 1.165) is 19.5 Å². The fourth-order valence-corrected chi connectivity index (χ4v) is 2.30. The number of hydrogen-bond acceptors (Lipinski definition) is 3. The van der Waals surface area contributed by atoms with E-state index in [-0.39, 0.29) is 18.0 Å². The van der Waals surface area contributed by atoms with Crippen molar-refractivity contribution in [3.8, 4) is 6.07 Å². The van der Waals surface area contributed by atoms with Crippen LogP contribution in [0.4, 0.5) is 0 Å². The molecule has 4 nitrogen and oxygen atoms in total. The Labute approximate surface area is 104 Å². The van der Waals surface area contributed by atoms with Crippen molar-refractivity contribution in [2.45, 2.75) is 45.7 Å². The van der Waals surface area contributed by atoms with E-state index in [2.05, 4.69) is 31.7 Å². The van der Waals surface area contributed by atoms with Gasteiger partial charge in [-0.3, -0.25) is 9.69 Å². The van der Waals surface area contributed by atoms with Crippen molar-refractivity contribution < 1.29 is 4.79 Å². The summed E-state index contributed by atoms with van der Waals surface area (Å²) in [5.41, 5.74) is 0. The first-order chi connectivity index (χ1) is 7.97. The third-order valence-electron chi connectivity index (χ3n) is 3.45. The van der Waals surface area contributed by atoms with Crippen LogP contribution >= 0.6 is 0 Å². The second kappa shape index (κ2) is 6.02. The number of amides is 1. The van der Waals surface area contributed by atoms with Gasteiger partial charge >= 0.3 is 0 Å². The second-order valence-electron chi connectivity index (χ2n) is 5.35. The van der Waals surface area contributed by atoms with Crippen molar-refractivity contribution in [2.75, 3.05) is 20.1 Å². The van der Waals surface area contributed by atoms with Crippen LogP contribution in [-0.2, 0) is 4.79 Å². The summed E-state index contributed by atoms with van der Waals surface area (Å²) in [6, 6.07) is 2.16. The Morgan fingerprint density at radius 3 is 2.71 bits per heavy atom. The summed E-state index contributed by atoms with van der Waals surface area (Å²) in [5, 5.41) is 8.88. The van der Waals surface area contributed by atoms with Gasteiger partial charge in [-0.25, -0.2) is 0 Å². The van der Waals surface area contributed by atoms with Crippen molar-refractivity contribution in [3.63, 3.8) is 0 Å². The lowest BCUT2D eigenvalue weighted by Gasteiger charge is -2.29. The summed E-state index contributed by atoms with van der Waals surface area (Å²) in [5.74, 6) is 0.611. The van der Waals surface area contributed by atoms with Gasteiger partial charge in [0.1, 0.15) is 6.04 Å². The van der Waals surface area contributed by atoms with Gasteiger partial charge in [0.25, 0.3) is 0 Å². The number of rotatable bonds is 3. The van der Waals surface area contributed by atoms with Gasteiger partial charge in [-0.05, 0) is 19.3 Å². The molecule has 4 heteroatoms. The van der Waals surface area contributed by atoms with E-state index in [1.54, 1.807) is 4.90 Å². The van der Waals surface area contributed by atoms with Crippen LogP contribution in [0.1, 0.15) is 33.6 Å². The minimum atomic E-state index is -0.252. The normalized spacial score (nSPS) is 27.1. The Balaban J connectivity index is 2.87. The van der Waals surface area contributed by atoms with Gasteiger partial charge in [-0.2, -0.15) is 5.26 Å². The highest BCUT2D eigenvalue weighted by Gasteiger charge is 2.33. The predicted molar refractivity (Wildman–Crippen MR) is 67.3 cm³/mol. The van der Waals surface area contributed by atoms with E-state index in [1.165, 1.54) is 0 Å². The van der Waals surface area contributed by atoms with Crippen molar-refractivity contribution in [3.05, 3.63) is 0 Å². The highest BCUT2D eigenvalue weighted by molar-refractivity contribution is 5.82. The number of carbonyl (C=O) groups excluding carboxylic acids is 1. The molecule has 2 unspecified atom stereocenters. The van der Waals surface area contributed by atoms with Crippen LogP contribution in [0.2, 0.25) is 0 Å². The van der Waals surface area contributed by atoms with Gasteiger partial charge in [0.05, 0.1) is 12.5 Å². The summed E-state index contributed by atoms with van der Waals surface area (Å²) in [6.07, 6.45) is 1.28. The number of likely N-dealkylation sites (N-methyl/N-ethyl adjacent to an activating group) is 1. The molecule has 0 radical (unpaired) electrons. The van der Waals surface area contributed by atoms with Crippen molar-refractivity contribution in [1.82, 2.24) is 9.80 Å². The van der Waals surface area contributed by atoms with Gasteiger partial charge in [0, 0.05) is 26.2 Å². The summed E-state index contributed by atoms with van der Waals surface area (Å²) >= 11 is 0. The first-order valence-corrected chi connectivity index (χ1v) is 6.35. The highest BCUT2D eigenvalue weighted by Crippen LogP contribution is 2.18. The molecule has 1 rings (SSSR count). The first kappa shape index (κ1) is 14.0. The molecule has 0 bridgehead atoms. The topological polar surface area (TPSA) is 47.3 Å². The lowest BCUT2D eigenvalue weighted by atomic mass is 10.1. The molecule has 0 spiro atoms. The zero-order chi connectivity index (χ0) is 13.0. The van der Waals surface area contributed by atoms with Crippen LogP contribution in [0.3, 0.4) is 0 Å². The second-order valence-corrected chi connectivity index (χ2v) is 5.35. The maximum absolute atomic E-state index is 12.3. The third-order valence-corrected chi connectivity index (χ3v) is 3.45. The number of nitrogens with zero attached hydrogens (tertiary/aromatic N) is 3. The molecule has 1 aliphatic heterocycles. The third kappa shape index (κ3) is 3.44. The van der Waals surface area contributed by atoms with E-state index in [9.17, 15) is 4.79 Å². The van der Waals surface area contributed by atoms with Crippen molar-refractivity contribution >= 4 is 5.91 Å². The van der Waals surface area contributed by atoms with E-state index in [0.29, 0.717) is 12.3 Å². The molecular weight excluding hydrogens is 214 g/mol. The number of hydrogen-bond donors (Lipinski definition) is 0. The van der Waals surface area contributed by atoms with E-state index in [4.69, 9.17) is 5.26 Å². The molecule has 0 aliphatic carbocycles. The van der Waals surface area contributed by atoms with Crippen LogP contribution < -0.4 is 0 Å². The fraction of sp³-hybridized carbons (Fsp3) is 0.846. The molecule has 0 aromatic heterocycles. The Morgan fingerprint density at radius 1 is 1.53 bits per heavy atom. The zero-order valence-corrected chi connectivity index (χ0v) is 11.3. The fourth-order valence-electron chi connectivity index (χ4n) is 2.30. The quantitative estimate of drug-likeness (QED) is 0.747. The SMILES string of the molecule is CC(C)CN1CCC(C)N(C)C(=O)C1CC#N. The van der Waals surface area contributed by atoms with Crippen molar-refractivity contribution in [2.24, 2.45) is 5.92 Å². The van der Waals surface area contributed by atoms with Gasteiger partial charge in [0.15, 0.2) is 0 Å². The Hall–Kier alpha value is -1.08. The number of nitriles is 1. The lowest BCUT2D eigenvalue weighted by Crippen LogP contribution is -2.46. The maximum atomic E-state index is 12.3. The molecule has 1 heterocycles. The molecule has 1 saturated heterocycles. The molecule has 1 fully saturated rings. The molecule has 17 heavy (non-hydrogen) atoms. The summed E-state index contributed by atoms with van der Waals surface area (Å²) in [7, 11) is 1.84. The average molecular weight is 237 g/mol. The van der Waals surface area contributed by atoms with E-state index >= 15 is 0 Å². The standard InChI is InChI=1S/C13H23N3O/c1-10(2)9-16-8-6-11(3)15(4)13(17)12(16)5-7-14/h10-12H,5-6,8-9H2,1-4H3. The Morgan fingerprint density at radius 2 is 2.18 bits per heavy atom. The van der Waals surface area contributed by atoms with Crippen molar-refractivity contribution in [1.29, 1.82) is 5.26 Å². The molecule has 1 aliphatic rings. The monoisotopic (exact) mass is 237 g/mol. The van der Waals surface area contributed by atoms with Gasteiger partial charge < -0.3 is 4.90 Å². The molecule has 0 aromatic carbocycles. The van der Waals surface area contributed by atoms with E-state index < -0.39 is 0 Å². The van der Waals surface area contributed by atoms with Gasteiger partial charge in [0.2, 0.25) is 5.91 Å². The largest absolute Gasteiger partial charge is 0.342 e. The van der Waals surface area contributed by atoms with Crippen LogP contribution in [-0.4, -0.2) is 47.9 Å². The van der Waals surface area contributed by atoms with Crippen LogP contribution in [0.15, 0.2) is 0 Å². The summed E-state index contributed by atoms with van der Waals surface area (Å²) in [4.78, 5) is 16.2. The van der Waals surface area contributed by atoms with Gasteiger partial charge in [-0.15, -0.1) is 0 Å². The highest BCUT2D eigenvalue weighted by atomic mass is 16.2. The smallest absolute Gasteiger partial charge is 0.240 e. The molecule has 2 atom stereocenters. The molecule has 96 valence electrons. The molecule has 1 amide bonds. The molecule has 0 aromatic rings. The van der Waals surface area contributed by atoms with Crippen LogP contribution in [0.25, 0.3) is 0 Å². The molecule has 0 N–H and O–H groups in total. The first-order valence-electron chi connectivity index (χ1n) is 6.35. The predicted octanol–water partition coefficient (Wildman–Crippen LogP) is 1.48. The Bertz CT molecular complexity index is 308. The minimum absolute atomic E-state index is 0.0946. The maximum Gasteiger partial charge on any atom is 0.240 e. The van der Waals surface area contributed by atoms with Gasteiger partial charge in [-0.1, -0.05) is 13.8 Å². The van der Waals surface area contributed by atoms with Crippen LogP contribution in [0.5, 0.6) is 0 Å². The molecular formula is C13H23N3O. The molecule has 0 saturated carbocycles. The Kier molecular flexibility index (Phi) is 4.95. The average Bonchev–Trinajstić information content (AvgIpc) is 2.36. The minimum Gasteiger partial charge on any atom is -0.342 e. The van der Waals surface area contributed by atoms with E-state index in [1.807, 2.05) is 7.05 Å². The summed E-state index contributed by atoms with van der Waals surface area (Å²) < 4.78 is 0. The zero-order valence-electron chi connectivity index (χ0n) is 11.3. The number of carbonyl (C=O) groups is 1.